The molecule has 2 heteroatoms. The summed E-state index contributed by atoms with van der Waals surface area (Å²) in [7, 11) is 0. The summed E-state index contributed by atoms with van der Waals surface area (Å²) in [6.07, 6.45) is 5.22. The van der Waals surface area contributed by atoms with Gasteiger partial charge in [-0.3, -0.25) is 0 Å². The minimum atomic E-state index is 0.189. The van der Waals surface area contributed by atoms with Gasteiger partial charge in [0.15, 0.2) is 0 Å². The molecule has 0 aliphatic rings. The second kappa shape index (κ2) is 5.77. The van der Waals surface area contributed by atoms with E-state index >= 15 is 0 Å². The molecule has 1 N–H and O–H groups in total. The van der Waals surface area contributed by atoms with E-state index in [0.29, 0.717) is 11.3 Å². The first-order valence-corrected chi connectivity index (χ1v) is 5.76. The van der Waals surface area contributed by atoms with Gasteiger partial charge >= 0.3 is 0 Å². The molecule has 0 unspecified atom stereocenters. The van der Waals surface area contributed by atoms with Gasteiger partial charge in [-0.25, -0.2) is 0 Å². The van der Waals surface area contributed by atoms with Crippen molar-refractivity contribution in [2.24, 2.45) is 5.41 Å². The maximum absolute atomic E-state index is 5.54. The van der Waals surface area contributed by atoms with Crippen molar-refractivity contribution in [3.05, 3.63) is 12.2 Å². The fourth-order valence-corrected chi connectivity index (χ4v) is 2.00. The average Bonchev–Trinajstić information content (AvgIpc) is 1.93. The third-order valence-electron chi connectivity index (χ3n) is 1.93. The molecule has 0 amide bonds. The lowest BCUT2D eigenvalue weighted by atomic mass is 9.82. The Labute approximate surface area is 93.9 Å². The fraction of sp³-hybridized carbons (Fsp3) is 0.833. The molecule has 14 heavy (non-hydrogen) atoms. The molecule has 0 bridgehead atoms. The molecule has 0 rings (SSSR count). The fourth-order valence-electron chi connectivity index (χ4n) is 1.87. The normalized spacial score (nSPS) is 13.9. The summed E-state index contributed by atoms with van der Waals surface area (Å²) >= 11 is 5.54. The largest absolute Gasteiger partial charge is 0.308 e. The number of hydrogen-bond donors (Lipinski definition) is 1. The van der Waals surface area contributed by atoms with E-state index in [9.17, 15) is 0 Å². The van der Waals surface area contributed by atoms with Gasteiger partial charge in [-0.2, -0.15) is 0 Å². The van der Waals surface area contributed by atoms with Crippen LogP contribution in [0.5, 0.6) is 0 Å². The zero-order valence-electron chi connectivity index (χ0n) is 10.2. The molecule has 0 aliphatic heterocycles. The number of hydrogen-bond acceptors (Lipinski definition) is 1. The van der Waals surface area contributed by atoms with E-state index < -0.39 is 0 Å². The maximum Gasteiger partial charge on any atom is 0.0404 e. The van der Waals surface area contributed by atoms with Crippen LogP contribution >= 0.6 is 11.6 Å². The van der Waals surface area contributed by atoms with Crippen LogP contribution in [0.15, 0.2) is 12.2 Å². The minimum Gasteiger partial charge on any atom is -0.308 e. The van der Waals surface area contributed by atoms with E-state index in [4.69, 9.17) is 11.6 Å². The maximum atomic E-state index is 5.54. The van der Waals surface area contributed by atoms with E-state index in [-0.39, 0.29) is 5.54 Å². The lowest BCUT2D eigenvalue weighted by Crippen LogP contribution is -2.42. The van der Waals surface area contributed by atoms with Crippen molar-refractivity contribution in [1.29, 1.82) is 0 Å². The molecule has 0 aromatic rings. The zero-order valence-corrected chi connectivity index (χ0v) is 10.9. The van der Waals surface area contributed by atoms with Crippen molar-refractivity contribution < 1.29 is 0 Å². The van der Waals surface area contributed by atoms with Gasteiger partial charge in [-0.15, -0.1) is 11.6 Å². The monoisotopic (exact) mass is 217 g/mol. The molecule has 0 aliphatic carbocycles. The quantitative estimate of drug-likeness (QED) is 0.548. The van der Waals surface area contributed by atoms with Crippen molar-refractivity contribution in [1.82, 2.24) is 5.32 Å². The van der Waals surface area contributed by atoms with Crippen LogP contribution in [0.4, 0.5) is 0 Å². The molecule has 84 valence electrons. The van der Waals surface area contributed by atoms with Crippen molar-refractivity contribution in [3.63, 3.8) is 0 Å². The molecule has 1 nitrogen and oxygen atoms in total. The third-order valence-corrected chi connectivity index (χ3v) is 2.10. The van der Waals surface area contributed by atoms with Crippen LogP contribution in [0.1, 0.15) is 41.0 Å². The number of rotatable bonds is 5. The Morgan fingerprint density at radius 1 is 1.07 bits per heavy atom. The second-order valence-electron chi connectivity index (χ2n) is 5.63. The first kappa shape index (κ1) is 14.0. The minimum absolute atomic E-state index is 0.189. The van der Waals surface area contributed by atoms with Crippen LogP contribution in [0.2, 0.25) is 0 Å². The highest BCUT2D eigenvalue weighted by Crippen LogP contribution is 2.26. The standard InChI is InChI=1S/C12H24ClN/c1-11(2,3)10-12(4,5)14-9-7-6-8-13/h6-7,14H,8-10H2,1-5H3/b7-6+. The summed E-state index contributed by atoms with van der Waals surface area (Å²) in [6, 6.07) is 0. The van der Waals surface area contributed by atoms with E-state index in [1.807, 2.05) is 6.08 Å². The van der Waals surface area contributed by atoms with Gasteiger partial charge in [-0.05, 0) is 25.7 Å². The molecule has 0 heterocycles. The topological polar surface area (TPSA) is 12.0 Å². The van der Waals surface area contributed by atoms with Gasteiger partial charge in [0.25, 0.3) is 0 Å². The number of nitrogens with one attached hydrogen (secondary N) is 1. The lowest BCUT2D eigenvalue weighted by Gasteiger charge is -2.33. The summed E-state index contributed by atoms with van der Waals surface area (Å²) in [5.74, 6) is 0.599. The Kier molecular flexibility index (Phi) is 5.77. The average molecular weight is 218 g/mol. The van der Waals surface area contributed by atoms with Gasteiger partial charge in [0.05, 0.1) is 0 Å². The van der Waals surface area contributed by atoms with Crippen LogP contribution in [-0.2, 0) is 0 Å². The van der Waals surface area contributed by atoms with Gasteiger partial charge < -0.3 is 5.32 Å². The summed E-state index contributed by atoms with van der Waals surface area (Å²) in [6.45, 7) is 12.2. The van der Waals surface area contributed by atoms with Crippen molar-refractivity contribution >= 4 is 11.6 Å². The van der Waals surface area contributed by atoms with E-state index in [1.54, 1.807) is 0 Å². The second-order valence-corrected chi connectivity index (χ2v) is 5.94. The first-order chi connectivity index (χ1) is 6.27. The van der Waals surface area contributed by atoms with Crippen molar-refractivity contribution in [2.75, 3.05) is 12.4 Å². The molecule has 0 aromatic carbocycles. The van der Waals surface area contributed by atoms with Crippen LogP contribution < -0.4 is 5.32 Å². The molecular weight excluding hydrogens is 194 g/mol. The summed E-state index contributed by atoms with van der Waals surface area (Å²) < 4.78 is 0. The first-order valence-electron chi connectivity index (χ1n) is 5.23. The molecule has 0 spiro atoms. The summed E-state index contributed by atoms with van der Waals surface area (Å²) in [5.41, 5.74) is 0.557. The Morgan fingerprint density at radius 2 is 1.64 bits per heavy atom. The van der Waals surface area contributed by atoms with E-state index in [1.165, 1.54) is 0 Å². The lowest BCUT2D eigenvalue weighted by molar-refractivity contribution is 0.248. The van der Waals surface area contributed by atoms with Crippen LogP contribution in [0.25, 0.3) is 0 Å². The van der Waals surface area contributed by atoms with E-state index in [2.05, 4.69) is 46.0 Å². The van der Waals surface area contributed by atoms with Gasteiger partial charge in [0.2, 0.25) is 0 Å². The molecule has 0 atom stereocenters. The van der Waals surface area contributed by atoms with Crippen molar-refractivity contribution in [2.45, 2.75) is 46.6 Å². The molecule has 0 saturated carbocycles. The van der Waals surface area contributed by atoms with Crippen LogP contribution in [-0.4, -0.2) is 18.0 Å². The van der Waals surface area contributed by atoms with Crippen LogP contribution in [0, 0.1) is 5.41 Å². The van der Waals surface area contributed by atoms with Crippen LogP contribution in [0.3, 0.4) is 0 Å². The number of halogens is 1. The molecule has 0 aromatic heterocycles. The van der Waals surface area contributed by atoms with Gasteiger partial charge in [-0.1, -0.05) is 32.9 Å². The SMILES string of the molecule is CC(C)(C)CC(C)(C)NC/C=C/CCl. The predicted molar refractivity (Wildman–Crippen MR) is 66.0 cm³/mol. The Morgan fingerprint density at radius 3 is 2.07 bits per heavy atom. The highest BCUT2D eigenvalue weighted by molar-refractivity contribution is 6.18. The summed E-state index contributed by atoms with van der Waals surface area (Å²) in [4.78, 5) is 0. The molecule has 0 fully saturated rings. The predicted octanol–water partition coefficient (Wildman–Crippen LogP) is 3.59. The van der Waals surface area contributed by atoms with Gasteiger partial charge in [0.1, 0.15) is 0 Å². The van der Waals surface area contributed by atoms with Gasteiger partial charge in [0, 0.05) is 18.0 Å². The molecule has 0 radical (unpaired) electrons. The number of alkyl halides is 1. The smallest absolute Gasteiger partial charge is 0.0404 e. The number of allylic oxidation sites excluding steroid dienone is 1. The Hall–Kier alpha value is -0.0100. The van der Waals surface area contributed by atoms with E-state index in [0.717, 1.165) is 13.0 Å². The highest BCUT2D eigenvalue weighted by Gasteiger charge is 2.23. The molecular formula is C12H24ClN. The summed E-state index contributed by atoms with van der Waals surface area (Å²) in [5, 5.41) is 3.50. The third kappa shape index (κ3) is 8.58. The molecule has 0 saturated heterocycles. The zero-order chi connectivity index (χ0) is 11.2. The van der Waals surface area contributed by atoms with Crippen molar-refractivity contribution in [3.8, 4) is 0 Å². The highest BCUT2D eigenvalue weighted by atomic mass is 35.5. The Bertz CT molecular complexity index is 177. The Balaban J connectivity index is 3.89.